The van der Waals surface area contributed by atoms with Gasteiger partial charge in [-0.25, -0.2) is 0 Å². The largest absolute Gasteiger partial charge is 0.416 e. The summed E-state index contributed by atoms with van der Waals surface area (Å²) in [5.41, 5.74) is -0.498. The van der Waals surface area contributed by atoms with Crippen molar-refractivity contribution < 1.29 is 18.0 Å². The fourth-order valence-electron chi connectivity index (χ4n) is 2.06. The molecule has 0 bridgehead atoms. The van der Waals surface area contributed by atoms with Crippen molar-refractivity contribution in [2.45, 2.75) is 12.6 Å². The smallest absolute Gasteiger partial charge is 0.366 e. The zero-order valence-electron chi connectivity index (χ0n) is 8.94. The quantitative estimate of drug-likeness (QED) is 0.717. The number of carbonyl (C=O) groups excluding carboxylic acids is 1. The molecule has 92 valence electrons. The average Bonchev–Trinajstić information content (AvgIpc) is 2.14. The Kier molecular flexibility index (Phi) is 2.81. The molecule has 0 N–H and O–H groups in total. The van der Waals surface area contributed by atoms with E-state index in [2.05, 4.69) is 0 Å². The highest BCUT2D eigenvalue weighted by molar-refractivity contribution is 6.33. The number of alkyl halides is 3. The molecule has 6 heteroatoms. The summed E-state index contributed by atoms with van der Waals surface area (Å²) < 4.78 is 38.4. The van der Waals surface area contributed by atoms with Crippen molar-refractivity contribution in [1.82, 2.24) is 0 Å². The molecule has 0 spiro atoms. The second kappa shape index (κ2) is 3.91. The van der Waals surface area contributed by atoms with Crippen molar-refractivity contribution in [2.24, 2.45) is 0 Å². The number of benzene rings is 1. The number of hydrogen-bond donors (Lipinski definition) is 0. The lowest BCUT2D eigenvalue weighted by atomic mass is 9.95. The van der Waals surface area contributed by atoms with E-state index in [4.69, 9.17) is 11.6 Å². The SMILES string of the molecule is CN1CC(=O)Cc2c(C(F)(F)F)ccc(Cl)c21. The molecule has 1 heterocycles. The number of ketones is 1. The zero-order chi connectivity index (χ0) is 12.8. The fraction of sp³-hybridized carbons (Fsp3) is 0.364. The Labute approximate surface area is 101 Å². The van der Waals surface area contributed by atoms with Crippen LogP contribution >= 0.6 is 11.6 Å². The first kappa shape index (κ1) is 12.2. The van der Waals surface area contributed by atoms with Crippen LogP contribution in [0.5, 0.6) is 0 Å². The Morgan fingerprint density at radius 2 is 2.00 bits per heavy atom. The van der Waals surface area contributed by atoms with Gasteiger partial charge in [0.1, 0.15) is 0 Å². The number of fused-ring (bicyclic) bond motifs is 1. The molecule has 1 aliphatic rings. The highest BCUT2D eigenvalue weighted by Crippen LogP contribution is 2.41. The lowest BCUT2D eigenvalue weighted by molar-refractivity contribution is -0.138. The highest BCUT2D eigenvalue weighted by Gasteiger charge is 2.37. The molecule has 17 heavy (non-hydrogen) atoms. The van der Waals surface area contributed by atoms with Crippen LogP contribution in [-0.4, -0.2) is 19.4 Å². The molecular formula is C11H9ClF3NO. The standard InChI is InChI=1S/C11H9ClF3NO/c1-16-5-6(17)4-7-8(11(13,14)15)2-3-9(12)10(7)16/h2-3H,4-5H2,1H3. The molecule has 1 aromatic carbocycles. The molecule has 0 radical (unpaired) electrons. The van der Waals surface area contributed by atoms with E-state index in [1.54, 1.807) is 7.05 Å². The Bertz CT molecular complexity index is 484. The highest BCUT2D eigenvalue weighted by atomic mass is 35.5. The Morgan fingerprint density at radius 1 is 1.35 bits per heavy atom. The van der Waals surface area contributed by atoms with Crippen LogP contribution in [0, 0.1) is 0 Å². The fourth-order valence-corrected chi connectivity index (χ4v) is 2.38. The second-order valence-corrected chi connectivity index (χ2v) is 4.40. The molecule has 0 amide bonds. The van der Waals surface area contributed by atoms with Gasteiger partial charge in [-0.15, -0.1) is 0 Å². The van der Waals surface area contributed by atoms with E-state index in [-0.39, 0.29) is 29.3 Å². The van der Waals surface area contributed by atoms with Crippen LogP contribution < -0.4 is 4.90 Å². The van der Waals surface area contributed by atoms with E-state index < -0.39 is 11.7 Å². The topological polar surface area (TPSA) is 20.3 Å². The van der Waals surface area contributed by atoms with Crippen molar-refractivity contribution in [3.63, 3.8) is 0 Å². The minimum Gasteiger partial charge on any atom is -0.366 e. The predicted molar refractivity (Wildman–Crippen MR) is 58.4 cm³/mol. The van der Waals surface area contributed by atoms with Gasteiger partial charge in [-0.05, 0) is 17.7 Å². The summed E-state index contributed by atoms with van der Waals surface area (Å²) in [5.74, 6) is -0.243. The lowest BCUT2D eigenvalue weighted by Gasteiger charge is -2.29. The number of halogens is 4. The van der Waals surface area contributed by atoms with E-state index in [0.29, 0.717) is 5.69 Å². The molecule has 1 aliphatic heterocycles. The van der Waals surface area contributed by atoms with Gasteiger partial charge in [-0.2, -0.15) is 13.2 Å². The van der Waals surface area contributed by atoms with Crippen molar-refractivity contribution in [2.75, 3.05) is 18.5 Å². The molecular weight excluding hydrogens is 255 g/mol. The van der Waals surface area contributed by atoms with Crippen LogP contribution in [-0.2, 0) is 17.4 Å². The zero-order valence-corrected chi connectivity index (χ0v) is 9.69. The van der Waals surface area contributed by atoms with Crippen LogP contribution in [0.1, 0.15) is 11.1 Å². The van der Waals surface area contributed by atoms with Crippen LogP contribution in [0.15, 0.2) is 12.1 Å². The summed E-state index contributed by atoms with van der Waals surface area (Å²) in [6.45, 7) is 0.0913. The van der Waals surface area contributed by atoms with Crippen molar-refractivity contribution >= 4 is 23.1 Å². The first-order valence-corrected chi connectivity index (χ1v) is 5.30. The molecule has 2 nitrogen and oxygen atoms in total. The van der Waals surface area contributed by atoms with E-state index in [1.165, 1.54) is 11.0 Å². The van der Waals surface area contributed by atoms with Gasteiger partial charge in [0, 0.05) is 13.5 Å². The third-order valence-corrected chi connectivity index (χ3v) is 3.01. The third-order valence-electron chi connectivity index (χ3n) is 2.71. The molecule has 0 aliphatic carbocycles. The van der Waals surface area contributed by atoms with Crippen LogP contribution in [0.25, 0.3) is 0 Å². The minimum absolute atomic E-state index is 0.0243. The number of anilines is 1. The number of nitrogens with zero attached hydrogens (tertiary/aromatic N) is 1. The van der Waals surface area contributed by atoms with Gasteiger partial charge < -0.3 is 4.90 Å². The van der Waals surface area contributed by atoms with E-state index in [9.17, 15) is 18.0 Å². The first-order chi connectivity index (χ1) is 7.80. The van der Waals surface area contributed by atoms with Crippen molar-refractivity contribution in [3.8, 4) is 0 Å². The maximum absolute atomic E-state index is 12.8. The maximum Gasteiger partial charge on any atom is 0.416 e. The summed E-state index contributed by atoms with van der Waals surface area (Å²) in [5, 5.41) is 0.239. The molecule has 0 aromatic heterocycles. The Morgan fingerprint density at radius 3 is 2.59 bits per heavy atom. The minimum atomic E-state index is -4.47. The average molecular weight is 264 g/mol. The first-order valence-electron chi connectivity index (χ1n) is 4.92. The van der Waals surface area contributed by atoms with Gasteiger partial charge in [0.15, 0.2) is 5.78 Å². The molecule has 0 fully saturated rings. The van der Waals surface area contributed by atoms with Gasteiger partial charge >= 0.3 is 6.18 Å². The third kappa shape index (κ3) is 2.11. The Balaban J connectivity index is 2.67. The van der Waals surface area contributed by atoms with Crippen LogP contribution in [0.2, 0.25) is 5.02 Å². The van der Waals surface area contributed by atoms with Gasteiger partial charge in [-0.1, -0.05) is 11.6 Å². The number of rotatable bonds is 0. The summed E-state index contributed by atoms with van der Waals surface area (Å²) in [6, 6.07) is 2.14. The molecule has 1 aromatic rings. The van der Waals surface area contributed by atoms with Gasteiger partial charge in [0.05, 0.1) is 22.8 Å². The number of Topliss-reactive ketones (excluding diaryl/α,β-unsaturated/α-hetero) is 1. The predicted octanol–water partition coefficient (Wildman–Crippen LogP) is 2.92. The van der Waals surface area contributed by atoms with Gasteiger partial charge in [0.25, 0.3) is 0 Å². The van der Waals surface area contributed by atoms with Crippen molar-refractivity contribution in [3.05, 3.63) is 28.3 Å². The normalized spacial score (nSPS) is 16.1. The molecule has 0 saturated heterocycles. The monoisotopic (exact) mass is 263 g/mol. The van der Waals surface area contributed by atoms with E-state index in [0.717, 1.165) is 6.07 Å². The summed E-state index contributed by atoms with van der Waals surface area (Å²) >= 11 is 5.89. The van der Waals surface area contributed by atoms with Gasteiger partial charge in [0.2, 0.25) is 0 Å². The lowest BCUT2D eigenvalue weighted by Crippen LogP contribution is -2.34. The van der Waals surface area contributed by atoms with Crippen molar-refractivity contribution in [1.29, 1.82) is 0 Å². The van der Waals surface area contributed by atoms with E-state index >= 15 is 0 Å². The van der Waals surface area contributed by atoms with E-state index in [1.807, 2.05) is 0 Å². The molecule has 0 atom stereocenters. The van der Waals surface area contributed by atoms with Crippen LogP contribution in [0.3, 0.4) is 0 Å². The number of hydrogen-bond acceptors (Lipinski definition) is 2. The summed E-state index contributed by atoms with van der Waals surface area (Å²) in [4.78, 5) is 12.8. The summed E-state index contributed by atoms with van der Waals surface area (Å²) in [7, 11) is 1.56. The van der Waals surface area contributed by atoms with Crippen LogP contribution in [0.4, 0.5) is 18.9 Å². The molecule has 0 saturated carbocycles. The Hall–Kier alpha value is -1.23. The maximum atomic E-state index is 12.8. The molecule has 2 rings (SSSR count). The summed E-state index contributed by atoms with van der Waals surface area (Å²) in [6.07, 6.45) is -4.68. The second-order valence-electron chi connectivity index (χ2n) is 3.99. The molecule has 0 unspecified atom stereocenters. The van der Waals surface area contributed by atoms with Gasteiger partial charge in [-0.3, -0.25) is 4.79 Å². The number of carbonyl (C=O) groups is 1. The number of likely N-dealkylation sites (N-methyl/N-ethyl adjacent to an activating group) is 1.